The summed E-state index contributed by atoms with van der Waals surface area (Å²) in [6.45, 7) is 9.47. The van der Waals surface area contributed by atoms with Crippen LogP contribution in [0.5, 0.6) is 0 Å². The molecule has 0 aromatic heterocycles. The average Bonchev–Trinajstić information content (AvgIpc) is 2.56. The fourth-order valence-corrected chi connectivity index (χ4v) is 17.6. The quantitative estimate of drug-likeness (QED) is 0.358. The van der Waals surface area contributed by atoms with Crippen LogP contribution in [0.4, 0.5) is 0 Å². The second-order valence-electron chi connectivity index (χ2n) is 6.82. The van der Waals surface area contributed by atoms with Gasteiger partial charge < -0.3 is 0 Å². The van der Waals surface area contributed by atoms with Gasteiger partial charge in [-0.25, -0.2) is 0 Å². The van der Waals surface area contributed by atoms with E-state index in [0.29, 0.717) is 13.1 Å². The van der Waals surface area contributed by atoms with E-state index in [-0.39, 0.29) is 13.2 Å². The van der Waals surface area contributed by atoms with Gasteiger partial charge in [0.1, 0.15) is 0 Å². The third-order valence-electron chi connectivity index (χ3n) is 4.75. The third kappa shape index (κ3) is 11.6. The van der Waals surface area contributed by atoms with Crippen LogP contribution in [-0.4, -0.2) is 66.3 Å². The van der Waals surface area contributed by atoms with Crippen molar-refractivity contribution in [3.63, 3.8) is 0 Å². The fourth-order valence-electron chi connectivity index (χ4n) is 3.24. The maximum absolute atomic E-state index is 9.14. The van der Waals surface area contributed by atoms with Gasteiger partial charge in [-0.3, -0.25) is 0 Å². The van der Waals surface area contributed by atoms with E-state index in [1.165, 1.54) is 51.8 Å². The van der Waals surface area contributed by atoms with Gasteiger partial charge in [-0.15, -0.1) is 0 Å². The SMILES string of the molecule is CCC[CH2][Sn]([CH]=CCN(CCO)CCO)([CH2]CCC)[CH2]CCC. The first-order valence-electron chi connectivity index (χ1n) is 9.79. The van der Waals surface area contributed by atoms with Gasteiger partial charge in [-0.05, 0) is 0 Å². The first-order valence-corrected chi connectivity index (χ1v) is 17.5. The van der Waals surface area contributed by atoms with Crippen molar-refractivity contribution in [3.8, 4) is 0 Å². The molecule has 0 saturated heterocycles. The molecule has 0 bridgehead atoms. The van der Waals surface area contributed by atoms with Crippen LogP contribution in [-0.2, 0) is 0 Å². The Bertz CT molecular complexity index is 257. The molecule has 0 aliphatic heterocycles. The average molecular weight is 434 g/mol. The Balaban J connectivity index is 4.86. The summed E-state index contributed by atoms with van der Waals surface area (Å²) in [5.74, 6) is 0. The Labute approximate surface area is 149 Å². The molecular formula is C19H41NO2Sn. The van der Waals surface area contributed by atoms with Crippen LogP contribution < -0.4 is 0 Å². The first kappa shape index (κ1) is 23.4. The standard InChI is InChI=1S/C7H14NO2.3C4H9.Sn/c1-2-3-8(4-6-9)5-7-10;3*1-3-4-2;/h1-2,9-10H,3-7H2;3*1,3-4H2,2H3;. The summed E-state index contributed by atoms with van der Waals surface area (Å²) >= 11 is -2.15. The molecule has 0 heterocycles. The molecule has 0 radical (unpaired) electrons. The van der Waals surface area contributed by atoms with Gasteiger partial charge >= 0.3 is 149 Å². The van der Waals surface area contributed by atoms with Crippen LogP contribution in [0.25, 0.3) is 0 Å². The van der Waals surface area contributed by atoms with Crippen molar-refractivity contribution >= 4 is 18.4 Å². The summed E-state index contributed by atoms with van der Waals surface area (Å²) in [7, 11) is 0. The number of rotatable bonds is 16. The minimum atomic E-state index is -2.15. The molecule has 0 saturated carbocycles. The molecule has 138 valence electrons. The van der Waals surface area contributed by atoms with Gasteiger partial charge in [-0.2, -0.15) is 0 Å². The van der Waals surface area contributed by atoms with Crippen LogP contribution in [0, 0.1) is 0 Å². The summed E-state index contributed by atoms with van der Waals surface area (Å²) in [6.07, 6.45) is 10.5. The third-order valence-corrected chi connectivity index (χ3v) is 19.0. The van der Waals surface area contributed by atoms with Gasteiger partial charge in [0.05, 0.1) is 0 Å². The molecule has 0 amide bonds. The second kappa shape index (κ2) is 15.9. The number of nitrogens with zero attached hydrogens (tertiary/aromatic N) is 1. The van der Waals surface area contributed by atoms with Gasteiger partial charge in [0, 0.05) is 0 Å². The summed E-state index contributed by atoms with van der Waals surface area (Å²) in [6, 6.07) is 0. The van der Waals surface area contributed by atoms with E-state index in [1.807, 2.05) is 0 Å². The van der Waals surface area contributed by atoms with Crippen LogP contribution >= 0.6 is 0 Å². The Kier molecular flexibility index (Phi) is 16.2. The molecular weight excluding hydrogens is 393 g/mol. The van der Waals surface area contributed by atoms with Gasteiger partial charge in [-0.1, -0.05) is 0 Å². The number of hydrogen-bond donors (Lipinski definition) is 2. The van der Waals surface area contributed by atoms with Crippen LogP contribution in [0.3, 0.4) is 0 Å². The molecule has 0 rings (SSSR count). The molecule has 0 aromatic rings. The maximum atomic E-state index is 9.14. The van der Waals surface area contributed by atoms with Crippen molar-refractivity contribution in [2.45, 2.75) is 72.6 Å². The Morgan fingerprint density at radius 2 is 1.22 bits per heavy atom. The summed E-state index contributed by atoms with van der Waals surface area (Å²) in [5, 5.41) is 18.3. The number of hydrogen-bond acceptors (Lipinski definition) is 3. The minimum absolute atomic E-state index is 0.170. The monoisotopic (exact) mass is 435 g/mol. The van der Waals surface area contributed by atoms with Crippen LogP contribution in [0.1, 0.15) is 59.3 Å². The van der Waals surface area contributed by atoms with Gasteiger partial charge in [0.2, 0.25) is 0 Å². The molecule has 4 heteroatoms. The van der Waals surface area contributed by atoms with Gasteiger partial charge in [0.15, 0.2) is 0 Å². The summed E-state index contributed by atoms with van der Waals surface area (Å²) in [5.41, 5.74) is 0. The molecule has 0 aliphatic rings. The Morgan fingerprint density at radius 3 is 1.57 bits per heavy atom. The molecule has 2 N–H and O–H groups in total. The predicted octanol–water partition coefficient (Wildman–Crippen LogP) is 4.22. The van der Waals surface area contributed by atoms with E-state index >= 15 is 0 Å². The van der Waals surface area contributed by atoms with E-state index < -0.39 is 18.4 Å². The van der Waals surface area contributed by atoms with Crippen molar-refractivity contribution in [2.24, 2.45) is 0 Å². The predicted molar refractivity (Wildman–Crippen MR) is 105 cm³/mol. The normalized spacial score (nSPS) is 12.6. The molecule has 0 aromatic carbocycles. The zero-order valence-electron chi connectivity index (χ0n) is 15.9. The molecule has 0 aliphatic carbocycles. The number of aliphatic hydroxyl groups is 2. The van der Waals surface area contributed by atoms with Crippen LogP contribution in [0.15, 0.2) is 10.2 Å². The molecule has 23 heavy (non-hydrogen) atoms. The Morgan fingerprint density at radius 1 is 0.783 bits per heavy atom. The molecule has 3 nitrogen and oxygen atoms in total. The molecule has 0 spiro atoms. The fraction of sp³-hybridized carbons (Fsp3) is 0.895. The first-order chi connectivity index (χ1) is 11.2. The van der Waals surface area contributed by atoms with E-state index in [4.69, 9.17) is 10.2 Å². The van der Waals surface area contributed by atoms with Crippen molar-refractivity contribution < 1.29 is 10.2 Å². The van der Waals surface area contributed by atoms with E-state index in [2.05, 4.69) is 35.8 Å². The Hall–Kier alpha value is 0.419. The van der Waals surface area contributed by atoms with Crippen LogP contribution in [0.2, 0.25) is 13.3 Å². The molecule has 0 unspecified atom stereocenters. The summed E-state index contributed by atoms with van der Waals surface area (Å²) < 4.78 is 7.18. The zero-order valence-corrected chi connectivity index (χ0v) is 18.7. The van der Waals surface area contributed by atoms with Gasteiger partial charge in [0.25, 0.3) is 0 Å². The number of aliphatic hydroxyl groups excluding tert-OH is 2. The zero-order chi connectivity index (χ0) is 17.4. The topological polar surface area (TPSA) is 43.7 Å². The van der Waals surface area contributed by atoms with E-state index in [9.17, 15) is 0 Å². The second-order valence-corrected chi connectivity index (χ2v) is 19.8. The van der Waals surface area contributed by atoms with Crippen molar-refractivity contribution in [1.29, 1.82) is 0 Å². The van der Waals surface area contributed by atoms with E-state index in [1.54, 1.807) is 0 Å². The number of unbranched alkanes of at least 4 members (excludes halogenated alkanes) is 3. The van der Waals surface area contributed by atoms with E-state index in [0.717, 1.165) is 6.54 Å². The van der Waals surface area contributed by atoms with Crippen molar-refractivity contribution in [2.75, 3.05) is 32.8 Å². The van der Waals surface area contributed by atoms with Crippen molar-refractivity contribution in [1.82, 2.24) is 4.90 Å². The molecule has 0 atom stereocenters. The summed E-state index contributed by atoms with van der Waals surface area (Å²) in [4.78, 5) is 2.15. The van der Waals surface area contributed by atoms with Crippen molar-refractivity contribution in [3.05, 3.63) is 10.2 Å². The molecule has 0 fully saturated rings.